The molecular weight excluding hydrogens is 300 g/mol. The monoisotopic (exact) mass is 328 g/mol. The highest BCUT2D eigenvalue weighted by molar-refractivity contribution is 6.02. The topological polar surface area (TPSA) is 62.0 Å². The fourth-order valence-electron chi connectivity index (χ4n) is 6.37. The van der Waals surface area contributed by atoms with Gasteiger partial charge in [0.05, 0.1) is 0 Å². The van der Waals surface area contributed by atoms with Gasteiger partial charge >= 0.3 is 0 Å². The van der Waals surface area contributed by atoms with Crippen molar-refractivity contribution >= 4 is 11.7 Å². The number of hydrogen-bond donors (Lipinski definition) is 2. The number of nitrogens with one attached hydrogen (secondary N) is 2. The van der Waals surface area contributed by atoms with Gasteiger partial charge in [-0.25, -0.2) is 0 Å². The van der Waals surface area contributed by atoms with Gasteiger partial charge in [0.2, 0.25) is 0 Å². The second kappa shape index (κ2) is 5.47. The SMILES string of the molecule is CC(=O)c1c(C)[nH]c(C(=O)NCC23CC4CC(CC(C4)C2)C3)c1C. The van der Waals surface area contributed by atoms with Crippen LogP contribution in [0.15, 0.2) is 0 Å². The van der Waals surface area contributed by atoms with Gasteiger partial charge in [-0.3, -0.25) is 9.59 Å². The molecule has 24 heavy (non-hydrogen) atoms. The summed E-state index contributed by atoms with van der Waals surface area (Å²) >= 11 is 0. The van der Waals surface area contributed by atoms with Gasteiger partial charge in [-0.1, -0.05) is 0 Å². The molecule has 5 rings (SSSR count). The van der Waals surface area contributed by atoms with Crippen LogP contribution < -0.4 is 5.32 Å². The second-order valence-corrected chi connectivity index (χ2v) is 8.78. The van der Waals surface area contributed by atoms with Crippen LogP contribution in [0.4, 0.5) is 0 Å². The number of hydrogen-bond acceptors (Lipinski definition) is 2. The highest BCUT2D eigenvalue weighted by Gasteiger charge is 2.50. The molecule has 4 fully saturated rings. The van der Waals surface area contributed by atoms with Crippen LogP contribution in [0.5, 0.6) is 0 Å². The van der Waals surface area contributed by atoms with E-state index < -0.39 is 0 Å². The first-order chi connectivity index (χ1) is 11.4. The number of rotatable bonds is 4. The zero-order chi connectivity index (χ0) is 17.1. The van der Waals surface area contributed by atoms with Crippen molar-refractivity contribution in [2.24, 2.45) is 23.2 Å². The lowest BCUT2D eigenvalue weighted by Gasteiger charge is -2.56. The predicted molar refractivity (Wildman–Crippen MR) is 93.2 cm³/mol. The molecule has 1 heterocycles. The van der Waals surface area contributed by atoms with Crippen LogP contribution in [-0.4, -0.2) is 23.2 Å². The zero-order valence-electron chi connectivity index (χ0n) is 15.0. The van der Waals surface area contributed by atoms with Gasteiger partial charge in [0, 0.05) is 17.8 Å². The van der Waals surface area contributed by atoms with E-state index in [0.29, 0.717) is 16.7 Å². The molecule has 0 unspecified atom stereocenters. The molecule has 1 aromatic rings. The molecule has 0 radical (unpaired) electrons. The Kier molecular flexibility index (Phi) is 3.63. The molecule has 4 nitrogen and oxygen atoms in total. The number of aryl methyl sites for hydroxylation is 1. The molecule has 1 amide bonds. The maximum atomic E-state index is 12.7. The maximum absolute atomic E-state index is 12.7. The van der Waals surface area contributed by atoms with Crippen LogP contribution in [0, 0.1) is 37.0 Å². The van der Waals surface area contributed by atoms with Crippen LogP contribution in [-0.2, 0) is 0 Å². The van der Waals surface area contributed by atoms with Crippen molar-refractivity contribution < 1.29 is 9.59 Å². The number of Topliss-reactive ketones (excluding diaryl/α,β-unsaturated/α-hetero) is 1. The Morgan fingerprint density at radius 2 is 1.62 bits per heavy atom. The van der Waals surface area contributed by atoms with Crippen molar-refractivity contribution in [1.29, 1.82) is 0 Å². The first kappa shape index (κ1) is 15.9. The Morgan fingerprint density at radius 1 is 1.08 bits per heavy atom. The summed E-state index contributed by atoms with van der Waals surface area (Å²) in [4.78, 5) is 27.6. The maximum Gasteiger partial charge on any atom is 0.268 e. The lowest BCUT2D eigenvalue weighted by Crippen LogP contribution is -2.51. The Hall–Kier alpha value is -1.58. The zero-order valence-corrected chi connectivity index (χ0v) is 15.0. The Bertz CT molecular complexity index is 665. The minimum absolute atomic E-state index is 0.0152. The summed E-state index contributed by atoms with van der Waals surface area (Å²) < 4.78 is 0. The van der Waals surface area contributed by atoms with Gasteiger partial charge in [0.1, 0.15) is 5.69 Å². The lowest BCUT2D eigenvalue weighted by atomic mass is 9.49. The van der Waals surface area contributed by atoms with Crippen molar-refractivity contribution in [3.8, 4) is 0 Å². The largest absolute Gasteiger partial charge is 0.354 e. The fourth-order valence-corrected chi connectivity index (χ4v) is 6.37. The van der Waals surface area contributed by atoms with E-state index in [2.05, 4.69) is 10.3 Å². The van der Waals surface area contributed by atoms with E-state index in [9.17, 15) is 9.59 Å². The molecule has 4 aliphatic carbocycles. The molecule has 4 bridgehead atoms. The van der Waals surface area contributed by atoms with Crippen molar-refractivity contribution in [1.82, 2.24) is 10.3 Å². The second-order valence-electron chi connectivity index (χ2n) is 8.78. The van der Waals surface area contributed by atoms with E-state index in [1.165, 1.54) is 38.5 Å². The third-order valence-corrected chi connectivity index (χ3v) is 6.81. The van der Waals surface area contributed by atoms with Crippen molar-refractivity contribution in [3.05, 3.63) is 22.5 Å². The van der Waals surface area contributed by atoms with Crippen molar-refractivity contribution in [2.75, 3.05) is 6.54 Å². The Morgan fingerprint density at radius 3 is 2.08 bits per heavy atom. The highest BCUT2D eigenvalue weighted by atomic mass is 16.2. The summed E-state index contributed by atoms with van der Waals surface area (Å²) in [5, 5.41) is 3.19. The minimum Gasteiger partial charge on any atom is -0.354 e. The molecule has 0 atom stereocenters. The number of aromatic amines is 1. The first-order valence-corrected chi connectivity index (χ1v) is 9.35. The van der Waals surface area contributed by atoms with Gasteiger partial charge in [-0.2, -0.15) is 0 Å². The summed E-state index contributed by atoms with van der Waals surface area (Å²) in [6, 6.07) is 0. The van der Waals surface area contributed by atoms with Crippen LogP contribution in [0.25, 0.3) is 0 Å². The Labute approximate surface area is 143 Å². The molecule has 4 aliphatic rings. The van der Waals surface area contributed by atoms with E-state index in [4.69, 9.17) is 0 Å². The molecule has 4 heteroatoms. The summed E-state index contributed by atoms with van der Waals surface area (Å²) in [6.45, 7) is 6.07. The Balaban J connectivity index is 1.48. The number of carbonyl (C=O) groups is 2. The van der Waals surface area contributed by atoms with Gasteiger partial charge in [0.15, 0.2) is 5.78 Å². The van der Waals surface area contributed by atoms with E-state index in [0.717, 1.165) is 35.6 Å². The number of H-pyrrole nitrogens is 1. The van der Waals surface area contributed by atoms with Crippen LogP contribution in [0.1, 0.15) is 77.6 Å². The first-order valence-electron chi connectivity index (χ1n) is 9.35. The number of ketones is 1. The van der Waals surface area contributed by atoms with Gasteiger partial charge in [-0.15, -0.1) is 0 Å². The predicted octanol–water partition coefficient (Wildman–Crippen LogP) is 3.78. The average Bonchev–Trinajstić information content (AvgIpc) is 2.78. The normalized spacial score (nSPS) is 33.7. The smallest absolute Gasteiger partial charge is 0.268 e. The van der Waals surface area contributed by atoms with Crippen LogP contribution >= 0.6 is 0 Å². The van der Waals surface area contributed by atoms with Gasteiger partial charge in [-0.05, 0) is 88.0 Å². The molecular formula is C20H28N2O2. The number of amides is 1. The summed E-state index contributed by atoms with van der Waals surface area (Å²) in [7, 11) is 0. The molecule has 0 saturated heterocycles. The fraction of sp³-hybridized carbons (Fsp3) is 0.700. The summed E-state index contributed by atoms with van der Waals surface area (Å²) in [6.07, 6.45) is 8.14. The van der Waals surface area contributed by atoms with Gasteiger partial charge in [0.25, 0.3) is 5.91 Å². The summed E-state index contributed by atoms with van der Waals surface area (Å²) in [5.74, 6) is 2.64. The van der Waals surface area contributed by atoms with E-state index in [-0.39, 0.29) is 11.7 Å². The van der Waals surface area contributed by atoms with E-state index in [1.54, 1.807) is 6.92 Å². The third kappa shape index (κ3) is 2.51. The van der Waals surface area contributed by atoms with Crippen LogP contribution in [0.3, 0.4) is 0 Å². The van der Waals surface area contributed by atoms with Crippen molar-refractivity contribution in [3.63, 3.8) is 0 Å². The third-order valence-electron chi connectivity index (χ3n) is 6.81. The minimum atomic E-state index is -0.0566. The molecule has 1 aromatic heterocycles. The van der Waals surface area contributed by atoms with E-state index in [1.807, 2.05) is 13.8 Å². The molecule has 130 valence electrons. The van der Waals surface area contributed by atoms with Crippen molar-refractivity contribution in [2.45, 2.75) is 59.3 Å². The highest BCUT2D eigenvalue weighted by Crippen LogP contribution is 2.59. The standard InChI is InChI=1S/C20H28N2O2/c1-11-17(13(3)23)12(2)22-18(11)19(24)21-10-20-7-14-4-15(8-20)6-16(5-14)9-20/h14-16,22H,4-10H2,1-3H3,(H,21,24). The summed E-state index contributed by atoms with van der Waals surface area (Å²) in [5.41, 5.74) is 3.13. The molecule has 0 spiro atoms. The number of aromatic nitrogens is 1. The molecule has 0 aromatic carbocycles. The molecule has 4 saturated carbocycles. The number of carbonyl (C=O) groups excluding carboxylic acids is 2. The van der Waals surface area contributed by atoms with Gasteiger partial charge < -0.3 is 10.3 Å². The molecule has 0 aliphatic heterocycles. The molecule has 2 N–H and O–H groups in total. The lowest BCUT2D eigenvalue weighted by molar-refractivity contribution is -0.0503. The van der Waals surface area contributed by atoms with Crippen LogP contribution in [0.2, 0.25) is 0 Å². The average molecular weight is 328 g/mol. The quantitative estimate of drug-likeness (QED) is 0.826. The van der Waals surface area contributed by atoms with E-state index >= 15 is 0 Å².